The standard InChI is InChI=1S/C23H26O6S/c1-14-9-11-16(12-10-14)30-22-20(27-21(25)15-7-5-4-6-8-15)18(24)19(28-22)17-13-26-23(2,3)29-17/h4-12,17-20,22,24H,13H2,1-3H3/t17-,18+,19+,20-,22+/m1/s1. The lowest BCUT2D eigenvalue weighted by Gasteiger charge is -2.23. The van der Waals surface area contributed by atoms with Crippen molar-refractivity contribution in [3.63, 3.8) is 0 Å². The second kappa shape index (κ2) is 8.69. The molecular formula is C23H26O6S. The van der Waals surface area contributed by atoms with E-state index in [0.717, 1.165) is 10.5 Å². The number of carbonyl (C=O) groups excluding carboxylic acids is 1. The Hall–Kier alpha value is -1.90. The van der Waals surface area contributed by atoms with Gasteiger partial charge in [0.1, 0.15) is 23.7 Å². The van der Waals surface area contributed by atoms with Crippen LogP contribution in [0.2, 0.25) is 0 Å². The van der Waals surface area contributed by atoms with Gasteiger partial charge in [-0.25, -0.2) is 4.79 Å². The Kier molecular flexibility index (Phi) is 6.18. The van der Waals surface area contributed by atoms with Crippen LogP contribution in [0, 0.1) is 6.92 Å². The first-order chi connectivity index (χ1) is 14.3. The number of aliphatic hydroxyl groups is 1. The molecule has 2 aliphatic heterocycles. The fourth-order valence-corrected chi connectivity index (χ4v) is 4.68. The lowest BCUT2D eigenvalue weighted by molar-refractivity contribution is -0.159. The van der Waals surface area contributed by atoms with Gasteiger partial charge in [-0.1, -0.05) is 47.7 Å². The third-order valence-corrected chi connectivity index (χ3v) is 6.31. The number of aryl methyl sites for hydroxylation is 1. The van der Waals surface area contributed by atoms with Crippen molar-refractivity contribution < 1.29 is 28.8 Å². The smallest absolute Gasteiger partial charge is 0.338 e. The monoisotopic (exact) mass is 430 g/mol. The van der Waals surface area contributed by atoms with E-state index in [1.165, 1.54) is 11.8 Å². The number of benzene rings is 2. The second-order valence-corrected chi connectivity index (χ2v) is 9.17. The molecule has 2 aliphatic rings. The zero-order chi connectivity index (χ0) is 21.3. The van der Waals surface area contributed by atoms with Crippen LogP contribution in [0.25, 0.3) is 0 Å². The summed E-state index contributed by atoms with van der Waals surface area (Å²) in [5, 5.41) is 11.0. The molecule has 2 aromatic rings. The summed E-state index contributed by atoms with van der Waals surface area (Å²) in [4.78, 5) is 13.6. The van der Waals surface area contributed by atoms with Crippen molar-refractivity contribution in [2.45, 2.75) is 61.3 Å². The van der Waals surface area contributed by atoms with Crippen molar-refractivity contribution in [1.82, 2.24) is 0 Å². The molecule has 7 heteroatoms. The average Bonchev–Trinajstić information content (AvgIpc) is 3.24. The maximum atomic E-state index is 12.7. The number of esters is 1. The van der Waals surface area contributed by atoms with Crippen molar-refractivity contribution in [3.8, 4) is 0 Å². The van der Waals surface area contributed by atoms with Gasteiger partial charge in [-0.05, 0) is 45.0 Å². The van der Waals surface area contributed by atoms with E-state index in [-0.39, 0.29) is 0 Å². The van der Waals surface area contributed by atoms with E-state index in [2.05, 4.69) is 0 Å². The number of aliphatic hydroxyl groups excluding tert-OH is 1. The van der Waals surface area contributed by atoms with Gasteiger partial charge in [0.25, 0.3) is 0 Å². The van der Waals surface area contributed by atoms with Crippen LogP contribution in [0.5, 0.6) is 0 Å². The minimum atomic E-state index is -1.04. The van der Waals surface area contributed by atoms with E-state index >= 15 is 0 Å². The molecule has 0 amide bonds. The maximum absolute atomic E-state index is 12.7. The molecule has 0 aliphatic carbocycles. The highest BCUT2D eigenvalue weighted by molar-refractivity contribution is 7.99. The number of hydrogen-bond donors (Lipinski definition) is 1. The van der Waals surface area contributed by atoms with Gasteiger partial charge in [0.15, 0.2) is 11.9 Å². The number of rotatable bonds is 5. The summed E-state index contributed by atoms with van der Waals surface area (Å²) in [6.45, 7) is 5.96. The van der Waals surface area contributed by atoms with Gasteiger partial charge in [-0.2, -0.15) is 0 Å². The Morgan fingerprint density at radius 3 is 2.47 bits per heavy atom. The Labute approximate surface area is 180 Å². The van der Waals surface area contributed by atoms with E-state index in [0.29, 0.717) is 12.2 Å². The van der Waals surface area contributed by atoms with Crippen molar-refractivity contribution in [1.29, 1.82) is 0 Å². The summed E-state index contributed by atoms with van der Waals surface area (Å²) in [6.07, 6.45) is -3.00. The first kappa shape index (κ1) is 21.3. The molecule has 160 valence electrons. The normalized spacial score (nSPS) is 30.3. The topological polar surface area (TPSA) is 74.2 Å². The van der Waals surface area contributed by atoms with E-state index in [4.69, 9.17) is 18.9 Å². The van der Waals surface area contributed by atoms with Gasteiger partial charge >= 0.3 is 5.97 Å². The van der Waals surface area contributed by atoms with Crippen molar-refractivity contribution in [2.75, 3.05) is 6.61 Å². The molecule has 0 unspecified atom stereocenters. The Balaban J connectivity index is 1.54. The van der Waals surface area contributed by atoms with Gasteiger partial charge in [0, 0.05) is 4.90 Å². The predicted molar refractivity (Wildman–Crippen MR) is 112 cm³/mol. The fourth-order valence-electron chi connectivity index (χ4n) is 3.58. The van der Waals surface area contributed by atoms with Crippen molar-refractivity contribution in [2.24, 2.45) is 0 Å². The van der Waals surface area contributed by atoms with E-state index in [1.54, 1.807) is 24.3 Å². The van der Waals surface area contributed by atoms with Gasteiger partial charge in [0.05, 0.1) is 12.2 Å². The largest absolute Gasteiger partial charge is 0.452 e. The van der Waals surface area contributed by atoms with Crippen molar-refractivity contribution >= 4 is 17.7 Å². The third kappa shape index (κ3) is 4.71. The number of hydrogen-bond acceptors (Lipinski definition) is 7. The van der Waals surface area contributed by atoms with Crippen LogP contribution in [0.15, 0.2) is 59.5 Å². The molecule has 5 atom stereocenters. The summed E-state index contributed by atoms with van der Waals surface area (Å²) in [5.74, 6) is -1.24. The maximum Gasteiger partial charge on any atom is 0.338 e. The highest BCUT2D eigenvalue weighted by atomic mass is 32.2. The van der Waals surface area contributed by atoms with Crippen molar-refractivity contribution in [3.05, 3.63) is 65.7 Å². The van der Waals surface area contributed by atoms with E-state index in [9.17, 15) is 9.90 Å². The Bertz CT molecular complexity index is 869. The molecule has 0 saturated carbocycles. The second-order valence-electron chi connectivity index (χ2n) is 7.99. The zero-order valence-corrected chi connectivity index (χ0v) is 18.0. The summed E-state index contributed by atoms with van der Waals surface area (Å²) in [6, 6.07) is 16.7. The van der Waals surface area contributed by atoms with Gasteiger partial charge in [-0.15, -0.1) is 0 Å². The molecule has 0 radical (unpaired) electrons. The van der Waals surface area contributed by atoms with E-state index < -0.39 is 41.6 Å². The molecule has 2 fully saturated rings. The zero-order valence-electron chi connectivity index (χ0n) is 17.2. The molecule has 0 spiro atoms. The van der Waals surface area contributed by atoms with Crippen LogP contribution >= 0.6 is 11.8 Å². The first-order valence-electron chi connectivity index (χ1n) is 9.97. The van der Waals surface area contributed by atoms with Crippen LogP contribution in [0.4, 0.5) is 0 Å². The molecule has 1 N–H and O–H groups in total. The van der Waals surface area contributed by atoms with E-state index in [1.807, 2.05) is 51.1 Å². The molecule has 4 rings (SSSR count). The minimum Gasteiger partial charge on any atom is -0.452 e. The molecule has 2 aromatic carbocycles. The molecule has 6 nitrogen and oxygen atoms in total. The SMILES string of the molecule is Cc1ccc(S[C@@H]2O[C@@H]([C@H]3COC(C)(C)O3)[C@H](O)[C@H]2OC(=O)c2ccccc2)cc1. The summed E-state index contributed by atoms with van der Waals surface area (Å²) in [7, 11) is 0. The van der Waals surface area contributed by atoms with Gasteiger partial charge in [0.2, 0.25) is 0 Å². The third-order valence-electron chi connectivity index (χ3n) is 5.16. The highest BCUT2D eigenvalue weighted by Gasteiger charge is 2.53. The molecule has 0 bridgehead atoms. The Morgan fingerprint density at radius 1 is 1.13 bits per heavy atom. The van der Waals surface area contributed by atoms with Crippen LogP contribution in [-0.2, 0) is 18.9 Å². The summed E-state index contributed by atoms with van der Waals surface area (Å²) >= 11 is 1.42. The Morgan fingerprint density at radius 2 is 1.83 bits per heavy atom. The molecule has 2 saturated heterocycles. The van der Waals surface area contributed by atoms with Crippen LogP contribution in [0.3, 0.4) is 0 Å². The quantitative estimate of drug-likeness (QED) is 0.727. The highest BCUT2D eigenvalue weighted by Crippen LogP contribution is 2.40. The number of ether oxygens (including phenoxy) is 4. The van der Waals surface area contributed by atoms with Crippen LogP contribution < -0.4 is 0 Å². The predicted octanol–water partition coefficient (Wildman–Crippen LogP) is 3.55. The molecule has 0 aromatic heterocycles. The van der Waals surface area contributed by atoms with Gasteiger partial charge in [-0.3, -0.25) is 0 Å². The molecule has 2 heterocycles. The van der Waals surface area contributed by atoms with Crippen LogP contribution in [-0.4, -0.2) is 53.3 Å². The van der Waals surface area contributed by atoms with Gasteiger partial charge < -0.3 is 24.1 Å². The summed E-state index contributed by atoms with van der Waals surface area (Å²) in [5.41, 5.74) is 0.997. The number of carbonyl (C=O) groups is 1. The van der Waals surface area contributed by atoms with Crippen LogP contribution in [0.1, 0.15) is 29.8 Å². The average molecular weight is 431 g/mol. The minimum absolute atomic E-state index is 0.302. The fraction of sp³-hybridized carbons (Fsp3) is 0.435. The molecular weight excluding hydrogens is 404 g/mol. The lowest BCUT2D eigenvalue weighted by atomic mass is 10.1. The summed E-state index contributed by atoms with van der Waals surface area (Å²) < 4.78 is 23.4. The first-order valence-corrected chi connectivity index (χ1v) is 10.8. The number of thioether (sulfide) groups is 1. The lowest BCUT2D eigenvalue weighted by Crippen LogP contribution is -2.42. The molecule has 30 heavy (non-hydrogen) atoms.